The number of hydrogen-bond donors (Lipinski definition) is 1. The maximum Gasteiger partial charge on any atom is 0.260 e. The number of carbonyl (C=O) groups is 1. The lowest BCUT2D eigenvalue weighted by Crippen LogP contribution is -2.13. The van der Waals surface area contributed by atoms with Crippen LogP contribution in [0.1, 0.15) is 21.6 Å². The van der Waals surface area contributed by atoms with E-state index in [1.807, 2.05) is 18.2 Å². The number of nitrogens with one attached hydrogen (secondary N) is 1. The topological polar surface area (TPSA) is 59.8 Å². The number of pyridine rings is 1. The second-order valence-electron chi connectivity index (χ2n) is 5.20. The summed E-state index contributed by atoms with van der Waals surface area (Å²) in [7, 11) is 0. The van der Waals surface area contributed by atoms with Crippen LogP contribution in [0.2, 0.25) is 10.2 Å². The number of carbonyl (C=O) groups excluding carboxylic acids is 1. The Bertz CT molecular complexity index is 878. The van der Waals surface area contributed by atoms with Crippen molar-refractivity contribution in [2.45, 2.75) is 13.5 Å². The van der Waals surface area contributed by atoms with Gasteiger partial charge in [-0.15, -0.1) is 0 Å². The number of benzene rings is 1. The smallest absolute Gasteiger partial charge is 0.260 e. The van der Waals surface area contributed by atoms with Crippen LogP contribution in [0.15, 0.2) is 48.8 Å². The van der Waals surface area contributed by atoms with Crippen LogP contribution in [0.3, 0.4) is 0 Å². The lowest BCUT2D eigenvalue weighted by molar-refractivity contribution is 0.102. The zero-order chi connectivity index (χ0) is 17.1. The summed E-state index contributed by atoms with van der Waals surface area (Å²) in [6, 6.07) is 10.9. The average Bonchev–Trinajstić information content (AvgIpc) is 2.84. The molecule has 0 atom stereocenters. The number of hydrogen-bond acceptors (Lipinski definition) is 3. The van der Waals surface area contributed by atoms with Gasteiger partial charge in [0, 0.05) is 11.2 Å². The van der Waals surface area contributed by atoms with Gasteiger partial charge in [-0.3, -0.25) is 9.78 Å². The molecular weight excluding hydrogens is 347 g/mol. The first-order valence-corrected chi connectivity index (χ1v) is 7.99. The molecule has 7 heteroatoms. The first-order valence-electron chi connectivity index (χ1n) is 7.24. The average molecular weight is 361 g/mol. The number of rotatable bonds is 4. The minimum Gasteiger partial charge on any atom is -0.320 e. The molecule has 0 fully saturated rings. The Hall–Kier alpha value is -2.37. The SMILES string of the molecule is Cc1nn(Cc2ccccc2Cl)c(Cl)c1C(=O)Nc1cccnc1. The molecule has 2 heterocycles. The van der Waals surface area contributed by atoms with Crippen LogP contribution in [0.5, 0.6) is 0 Å². The number of aryl methyl sites for hydroxylation is 1. The van der Waals surface area contributed by atoms with Crippen LogP contribution >= 0.6 is 23.2 Å². The van der Waals surface area contributed by atoms with Crippen molar-refractivity contribution in [3.05, 3.63) is 75.8 Å². The lowest BCUT2D eigenvalue weighted by Gasteiger charge is -2.06. The summed E-state index contributed by atoms with van der Waals surface area (Å²) in [6.45, 7) is 2.13. The van der Waals surface area contributed by atoms with Gasteiger partial charge in [-0.2, -0.15) is 5.10 Å². The molecule has 1 N–H and O–H groups in total. The molecule has 0 unspecified atom stereocenters. The van der Waals surface area contributed by atoms with Crippen LogP contribution in [-0.4, -0.2) is 20.7 Å². The highest BCUT2D eigenvalue weighted by Crippen LogP contribution is 2.24. The van der Waals surface area contributed by atoms with Gasteiger partial charge in [0.2, 0.25) is 0 Å². The fourth-order valence-electron chi connectivity index (χ4n) is 2.33. The third kappa shape index (κ3) is 3.42. The zero-order valence-electron chi connectivity index (χ0n) is 12.8. The Morgan fingerprint density at radius 2 is 2.00 bits per heavy atom. The van der Waals surface area contributed by atoms with E-state index in [-0.39, 0.29) is 11.1 Å². The van der Waals surface area contributed by atoms with Gasteiger partial charge < -0.3 is 5.32 Å². The predicted molar refractivity (Wildman–Crippen MR) is 94.7 cm³/mol. The van der Waals surface area contributed by atoms with Crippen LogP contribution < -0.4 is 5.32 Å². The third-order valence-electron chi connectivity index (χ3n) is 3.49. The van der Waals surface area contributed by atoms with Gasteiger partial charge in [0.05, 0.1) is 29.7 Å². The van der Waals surface area contributed by atoms with E-state index in [1.54, 1.807) is 42.2 Å². The molecular formula is C17H14Cl2N4O. The molecule has 0 bridgehead atoms. The normalized spacial score (nSPS) is 10.6. The minimum absolute atomic E-state index is 0.272. The quantitative estimate of drug-likeness (QED) is 0.758. The maximum absolute atomic E-state index is 12.5. The van der Waals surface area contributed by atoms with E-state index in [4.69, 9.17) is 23.2 Å². The molecule has 0 spiro atoms. The van der Waals surface area contributed by atoms with Crippen molar-refractivity contribution >= 4 is 34.8 Å². The molecule has 0 saturated carbocycles. The molecule has 24 heavy (non-hydrogen) atoms. The lowest BCUT2D eigenvalue weighted by atomic mass is 10.2. The maximum atomic E-state index is 12.5. The first kappa shape index (κ1) is 16.5. The van der Waals surface area contributed by atoms with Crippen molar-refractivity contribution in [1.82, 2.24) is 14.8 Å². The second-order valence-corrected chi connectivity index (χ2v) is 5.96. The highest BCUT2D eigenvalue weighted by molar-refractivity contribution is 6.33. The van der Waals surface area contributed by atoms with Gasteiger partial charge in [-0.25, -0.2) is 4.68 Å². The molecule has 5 nitrogen and oxygen atoms in total. The van der Waals surface area contributed by atoms with Gasteiger partial charge in [0.15, 0.2) is 0 Å². The fourth-order valence-corrected chi connectivity index (χ4v) is 2.85. The van der Waals surface area contributed by atoms with Gasteiger partial charge in [0.25, 0.3) is 5.91 Å². The zero-order valence-corrected chi connectivity index (χ0v) is 14.3. The highest BCUT2D eigenvalue weighted by Gasteiger charge is 2.21. The van der Waals surface area contributed by atoms with E-state index in [0.29, 0.717) is 28.5 Å². The van der Waals surface area contributed by atoms with E-state index < -0.39 is 0 Å². The number of halogens is 2. The molecule has 2 aromatic heterocycles. The van der Waals surface area contributed by atoms with Crippen molar-refractivity contribution in [2.24, 2.45) is 0 Å². The van der Waals surface area contributed by atoms with Crippen LogP contribution in [0.25, 0.3) is 0 Å². The molecule has 0 radical (unpaired) electrons. The van der Waals surface area contributed by atoms with Crippen molar-refractivity contribution < 1.29 is 4.79 Å². The van der Waals surface area contributed by atoms with Crippen LogP contribution in [-0.2, 0) is 6.54 Å². The Labute approximate surface area is 149 Å². The fraction of sp³-hybridized carbons (Fsp3) is 0.118. The van der Waals surface area contributed by atoms with Crippen molar-refractivity contribution in [3.8, 4) is 0 Å². The van der Waals surface area contributed by atoms with Crippen molar-refractivity contribution in [1.29, 1.82) is 0 Å². The summed E-state index contributed by atoms with van der Waals surface area (Å²) >= 11 is 12.5. The summed E-state index contributed by atoms with van der Waals surface area (Å²) in [5.41, 5.74) is 2.36. The summed E-state index contributed by atoms with van der Waals surface area (Å²) in [4.78, 5) is 16.4. The summed E-state index contributed by atoms with van der Waals surface area (Å²) < 4.78 is 1.57. The molecule has 1 aromatic carbocycles. The monoisotopic (exact) mass is 360 g/mol. The van der Waals surface area contributed by atoms with Gasteiger partial charge >= 0.3 is 0 Å². The Morgan fingerprint density at radius 3 is 2.71 bits per heavy atom. The molecule has 0 aliphatic rings. The number of anilines is 1. The molecule has 0 aliphatic carbocycles. The Kier molecular flexibility index (Phi) is 4.83. The predicted octanol–water partition coefficient (Wildman–Crippen LogP) is 4.19. The van der Waals surface area contributed by atoms with Crippen molar-refractivity contribution in [3.63, 3.8) is 0 Å². The standard InChI is InChI=1S/C17H14Cl2N4O/c1-11-15(17(24)21-13-6-4-8-20-9-13)16(19)23(22-11)10-12-5-2-3-7-14(12)18/h2-9H,10H2,1H3,(H,21,24). The Balaban J connectivity index is 1.86. The number of amides is 1. The van der Waals surface area contributed by atoms with Gasteiger partial charge in [-0.1, -0.05) is 41.4 Å². The largest absolute Gasteiger partial charge is 0.320 e. The number of nitrogens with zero attached hydrogens (tertiary/aromatic N) is 3. The molecule has 122 valence electrons. The van der Waals surface area contributed by atoms with E-state index in [2.05, 4.69) is 15.4 Å². The second kappa shape index (κ2) is 7.03. The summed E-state index contributed by atoms with van der Waals surface area (Å²) in [6.07, 6.45) is 3.20. The van der Waals surface area contributed by atoms with Gasteiger partial charge in [-0.05, 0) is 30.7 Å². The van der Waals surface area contributed by atoms with E-state index in [9.17, 15) is 4.79 Å². The Morgan fingerprint density at radius 1 is 1.21 bits per heavy atom. The first-order chi connectivity index (χ1) is 11.6. The molecule has 0 aliphatic heterocycles. The van der Waals surface area contributed by atoms with E-state index in [1.165, 1.54) is 0 Å². The van der Waals surface area contributed by atoms with E-state index >= 15 is 0 Å². The molecule has 1 amide bonds. The van der Waals surface area contributed by atoms with Gasteiger partial charge in [0.1, 0.15) is 5.15 Å². The minimum atomic E-state index is -0.323. The highest BCUT2D eigenvalue weighted by atomic mass is 35.5. The van der Waals surface area contributed by atoms with Crippen LogP contribution in [0.4, 0.5) is 5.69 Å². The van der Waals surface area contributed by atoms with Crippen LogP contribution in [0, 0.1) is 6.92 Å². The van der Waals surface area contributed by atoms with Crippen molar-refractivity contribution in [2.75, 3.05) is 5.32 Å². The molecule has 3 aromatic rings. The number of aromatic nitrogens is 3. The summed E-state index contributed by atoms with van der Waals surface area (Å²) in [5.74, 6) is -0.323. The third-order valence-corrected chi connectivity index (χ3v) is 4.24. The van der Waals surface area contributed by atoms with E-state index in [0.717, 1.165) is 5.56 Å². The summed E-state index contributed by atoms with van der Waals surface area (Å²) in [5, 5.41) is 8.02. The molecule has 0 saturated heterocycles. The molecule has 3 rings (SSSR count).